The number of piperidine rings is 1. The van der Waals surface area contributed by atoms with Crippen LogP contribution in [0.1, 0.15) is 28.9 Å². The van der Waals surface area contributed by atoms with Gasteiger partial charge in [0.05, 0.1) is 28.8 Å². The fourth-order valence-corrected chi connectivity index (χ4v) is 4.18. The summed E-state index contributed by atoms with van der Waals surface area (Å²) in [5.41, 5.74) is 16.8. The monoisotopic (exact) mass is 416 g/mol. The Balaban J connectivity index is 1.49. The van der Waals surface area contributed by atoms with Gasteiger partial charge in [0.25, 0.3) is 5.91 Å². The third-order valence-corrected chi connectivity index (χ3v) is 5.74. The number of rotatable bonds is 3. The Hall–Kier alpha value is -3.72. The number of nitrogens with one attached hydrogen (secondary N) is 1. The van der Waals surface area contributed by atoms with Gasteiger partial charge < -0.3 is 26.1 Å². The molecule has 158 valence electrons. The van der Waals surface area contributed by atoms with E-state index in [1.807, 2.05) is 29.7 Å². The van der Waals surface area contributed by atoms with Crippen LogP contribution in [0.3, 0.4) is 0 Å². The van der Waals surface area contributed by atoms with E-state index in [4.69, 9.17) is 11.5 Å². The zero-order chi connectivity index (χ0) is 21.5. The van der Waals surface area contributed by atoms with Crippen molar-refractivity contribution >= 4 is 39.5 Å². The van der Waals surface area contributed by atoms with Crippen LogP contribution in [-0.2, 0) is 0 Å². The second-order valence-corrected chi connectivity index (χ2v) is 8.00. The summed E-state index contributed by atoms with van der Waals surface area (Å²) in [7, 11) is 0. The second kappa shape index (κ2) is 7.51. The van der Waals surface area contributed by atoms with E-state index in [0.29, 0.717) is 28.1 Å². The van der Waals surface area contributed by atoms with E-state index in [-0.39, 0.29) is 11.9 Å². The van der Waals surface area contributed by atoms with Crippen LogP contribution < -0.4 is 21.7 Å². The standard InChI is InChI=1S/C22H24N8O/c1-13-11-30-12-15(10-18(24)21(30)26-13)27-22(31)17-2-3-19(16-4-7-25-28-20(16)17)29-8-5-14(23)6-9-29/h2-4,7,10-12,14H,5-6,8-9,23-24H2,1H3,(H,27,31). The van der Waals surface area contributed by atoms with Gasteiger partial charge in [-0.05, 0) is 44.0 Å². The zero-order valence-electron chi connectivity index (χ0n) is 17.2. The lowest BCUT2D eigenvalue weighted by Crippen LogP contribution is -2.39. The van der Waals surface area contributed by atoms with E-state index >= 15 is 0 Å². The molecule has 3 aromatic heterocycles. The number of nitrogens with two attached hydrogens (primary N) is 2. The molecule has 9 heteroatoms. The highest BCUT2D eigenvalue weighted by Gasteiger charge is 2.21. The second-order valence-electron chi connectivity index (χ2n) is 8.00. The number of aryl methyl sites for hydroxylation is 1. The first-order valence-corrected chi connectivity index (χ1v) is 10.3. The zero-order valence-corrected chi connectivity index (χ0v) is 17.2. The maximum atomic E-state index is 13.1. The van der Waals surface area contributed by atoms with Gasteiger partial charge in [-0.3, -0.25) is 4.79 Å². The van der Waals surface area contributed by atoms with Crippen LogP contribution in [0, 0.1) is 6.92 Å². The fraction of sp³-hybridized carbons (Fsp3) is 0.273. The van der Waals surface area contributed by atoms with Gasteiger partial charge in [-0.15, -0.1) is 5.10 Å². The average Bonchev–Trinajstić information content (AvgIpc) is 3.14. The molecular formula is C22H24N8O. The minimum atomic E-state index is -0.270. The van der Waals surface area contributed by atoms with Crippen molar-refractivity contribution in [2.45, 2.75) is 25.8 Å². The Bertz CT molecular complexity index is 1290. The van der Waals surface area contributed by atoms with Crippen molar-refractivity contribution in [2.24, 2.45) is 5.73 Å². The Morgan fingerprint density at radius 3 is 2.81 bits per heavy atom. The van der Waals surface area contributed by atoms with Gasteiger partial charge in [-0.1, -0.05) is 0 Å². The lowest BCUT2D eigenvalue weighted by Gasteiger charge is -2.32. The first-order valence-electron chi connectivity index (χ1n) is 10.3. The van der Waals surface area contributed by atoms with Gasteiger partial charge >= 0.3 is 0 Å². The topological polar surface area (TPSA) is 127 Å². The van der Waals surface area contributed by atoms with Crippen LogP contribution in [-0.4, -0.2) is 44.6 Å². The molecule has 0 aliphatic carbocycles. The summed E-state index contributed by atoms with van der Waals surface area (Å²) in [6.45, 7) is 3.66. The first-order chi connectivity index (χ1) is 15.0. The average molecular weight is 416 g/mol. The molecule has 9 nitrogen and oxygen atoms in total. The Kier molecular flexibility index (Phi) is 4.67. The van der Waals surface area contributed by atoms with Gasteiger partial charge in [0.1, 0.15) is 5.52 Å². The number of hydrogen-bond acceptors (Lipinski definition) is 7. The van der Waals surface area contributed by atoms with Crippen molar-refractivity contribution in [3.05, 3.63) is 54.1 Å². The largest absolute Gasteiger partial charge is 0.396 e. The van der Waals surface area contributed by atoms with Crippen molar-refractivity contribution in [1.82, 2.24) is 19.6 Å². The molecule has 4 aromatic rings. The summed E-state index contributed by atoms with van der Waals surface area (Å²) in [5, 5.41) is 12.1. The molecule has 0 spiro atoms. The van der Waals surface area contributed by atoms with E-state index in [9.17, 15) is 4.79 Å². The summed E-state index contributed by atoms with van der Waals surface area (Å²) >= 11 is 0. The molecule has 0 saturated carbocycles. The molecule has 0 bridgehead atoms. The van der Waals surface area contributed by atoms with Crippen LogP contribution >= 0.6 is 0 Å². The molecule has 4 heterocycles. The van der Waals surface area contributed by atoms with Crippen molar-refractivity contribution in [3.8, 4) is 0 Å². The van der Waals surface area contributed by atoms with Crippen LogP contribution in [0.5, 0.6) is 0 Å². The number of anilines is 3. The van der Waals surface area contributed by atoms with Crippen molar-refractivity contribution in [2.75, 3.05) is 29.0 Å². The van der Waals surface area contributed by atoms with E-state index in [0.717, 1.165) is 42.7 Å². The van der Waals surface area contributed by atoms with Gasteiger partial charge in [0.15, 0.2) is 5.65 Å². The minimum Gasteiger partial charge on any atom is -0.396 e. The van der Waals surface area contributed by atoms with Gasteiger partial charge in [0, 0.05) is 42.6 Å². The molecule has 1 aliphatic rings. The number of nitrogens with zero attached hydrogens (tertiary/aromatic N) is 5. The molecule has 0 unspecified atom stereocenters. The van der Waals surface area contributed by atoms with Gasteiger partial charge in [-0.2, -0.15) is 5.10 Å². The van der Waals surface area contributed by atoms with Crippen LogP contribution in [0.2, 0.25) is 0 Å². The van der Waals surface area contributed by atoms with Gasteiger partial charge in [-0.25, -0.2) is 4.98 Å². The number of amides is 1. The Morgan fingerprint density at radius 2 is 2.00 bits per heavy atom. The van der Waals surface area contributed by atoms with Gasteiger partial charge in [0.2, 0.25) is 0 Å². The normalized spacial score (nSPS) is 15.0. The summed E-state index contributed by atoms with van der Waals surface area (Å²) in [4.78, 5) is 19.8. The van der Waals surface area contributed by atoms with Crippen LogP contribution in [0.25, 0.3) is 16.6 Å². The molecule has 0 atom stereocenters. The van der Waals surface area contributed by atoms with E-state index in [1.54, 1.807) is 24.5 Å². The number of nitrogen functional groups attached to an aromatic ring is 1. The fourth-order valence-electron chi connectivity index (χ4n) is 4.18. The number of imidazole rings is 1. The predicted molar refractivity (Wildman–Crippen MR) is 121 cm³/mol. The lowest BCUT2D eigenvalue weighted by molar-refractivity contribution is 0.102. The van der Waals surface area contributed by atoms with Crippen molar-refractivity contribution in [1.29, 1.82) is 0 Å². The van der Waals surface area contributed by atoms with Crippen LogP contribution in [0.15, 0.2) is 42.9 Å². The molecule has 1 aromatic carbocycles. The van der Waals surface area contributed by atoms with E-state index in [2.05, 4.69) is 25.4 Å². The molecule has 0 radical (unpaired) electrons. The molecule has 1 amide bonds. The molecular weight excluding hydrogens is 392 g/mol. The molecule has 1 saturated heterocycles. The molecule has 31 heavy (non-hydrogen) atoms. The number of carbonyl (C=O) groups excluding carboxylic acids is 1. The summed E-state index contributed by atoms with van der Waals surface area (Å²) in [5.74, 6) is -0.270. The Morgan fingerprint density at radius 1 is 1.19 bits per heavy atom. The minimum absolute atomic E-state index is 0.247. The molecule has 5 N–H and O–H groups in total. The maximum absolute atomic E-state index is 13.1. The SMILES string of the molecule is Cc1cn2cc(NC(=O)c3ccc(N4CCC(N)CC4)c4ccnnc34)cc(N)c2n1. The first kappa shape index (κ1) is 19.3. The Labute approximate surface area is 179 Å². The predicted octanol–water partition coefficient (Wildman–Crippen LogP) is 2.35. The molecule has 1 aliphatic heterocycles. The molecule has 1 fully saturated rings. The smallest absolute Gasteiger partial charge is 0.257 e. The number of benzene rings is 1. The summed E-state index contributed by atoms with van der Waals surface area (Å²) in [6, 6.07) is 7.64. The summed E-state index contributed by atoms with van der Waals surface area (Å²) in [6.07, 6.45) is 7.20. The quantitative estimate of drug-likeness (QED) is 0.468. The number of carbonyl (C=O) groups is 1. The maximum Gasteiger partial charge on any atom is 0.257 e. The third kappa shape index (κ3) is 3.53. The summed E-state index contributed by atoms with van der Waals surface area (Å²) < 4.78 is 1.81. The highest BCUT2D eigenvalue weighted by Crippen LogP contribution is 2.30. The van der Waals surface area contributed by atoms with Crippen molar-refractivity contribution in [3.63, 3.8) is 0 Å². The van der Waals surface area contributed by atoms with Crippen LogP contribution in [0.4, 0.5) is 17.1 Å². The van der Waals surface area contributed by atoms with E-state index in [1.165, 1.54) is 0 Å². The number of aromatic nitrogens is 4. The highest BCUT2D eigenvalue weighted by atomic mass is 16.1. The third-order valence-electron chi connectivity index (χ3n) is 5.74. The molecule has 5 rings (SSSR count). The number of hydrogen-bond donors (Lipinski definition) is 3. The number of pyridine rings is 1. The highest BCUT2D eigenvalue weighted by molar-refractivity contribution is 6.13. The number of fused-ring (bicyclic) bond motifs is 2. The van der Waals surface area contributed by atoms with Crippen molar-refractivity contribution < 1.29 is 4.79 Å². The lowest BCUT2D eigenvalue weighted by atomic mass is 10.0. The van der Waals surface area contributed by atoms with E-state index < -0.39 is 0 Å².